The highest BCUT2D eigenvalue weighted by molar-refractivity contribution is 4.94. The molecule has 2 N–H and O–H groups in total. The highest BCUT2D eigenvalue weighted by atomic mass is 16.3. The summed E-state index contributed by atoms with van der Waals surface area (Å²) in [6.07, 6.45) is 7.07. The van der Waals surface area contributed by atoms with Gasteiger partial charge in [0.15, 0.2) is 0 Å². The maximum Gasteiger partial charge on any atom is 0.103 e. The normalized spacial score (nSPS) is 14.7. The lowest BCUT2D eigenvalue weighted by Crippen LogP contribution is -2.27. The van der Waals surface area contributed by atoms with E-state index in [1.807, 2.05) is 6.20 Å². The van der Waals surface area contributed by atoms with Crippen molar-refractivity contribution in [1.82, 2.24) is 15.0 Å². The van der Waals surface area contributed by atoms with Crippen LogP contribution in [0.15, 0.2) is 6.20 Å². The Morgan fingerprint density at radius 3 is 2.67 bits per heavy atom. The van der Waals surface area contributed by atoms with Gasteiger partial charge in [0.1, 0.15) is 6.04 Å². The molecule has 1 aromatic heterocycles. The van der Waals surface area contributed by atoms with Crippen LogP contribution in [-0.4, -0.2) is 37.9 Å². The second-order valence-corrected chi connectivity index (χ2v) is 4.75. The van der Waals surface area contributed by atoms with Crippen LogP contribution in [0.3, 0.4) is 0 Å². The third-order valence-electron chi connectivity index (χ3n) is 3.14. The smallest absolute Gasteiger partial charge is 0.103 e. The zero-order valence-electron chi connectivity index (χ0n) is 11.4. The van der Waals surface area contributed by atoms with Gasteiger partial charge >= 0.3 is 0 Å². The average molecular weight is 255 g/mol. The van der Waals surface area contributed by atoms with Gasteiger partial charge in [-0.05, 0) is 12.8 Å². The Hall–Kier alpha value is -0.940. The maximum absolute atomic E-state index is 10.1. The van der Waals surface area contributed by atoms with Gasteiger partial charge in [-0.2, -0.15) is 0 Å². The lowest BCUT2D eigenvalue weighted by Gasteiger charge is -2.20. The first-order chi connectivity index (χ1) is 8.72. The van der Waals surface area contributed by atoms with Crippen molar-refractivity contribution in [2.45, 2.75) is 64.5 Å². The topological polar surface area (TPSA) is 71.2 Å². The van der Waals surface area contributed by atoms with Crippen LogP contribution in [0.4, 0.5) is 0 Å². The zero-order chi connectivity index (χ0) is 13.4. The van der Waals surface area contributed by atoms with Gasteiger partial charge in [-0.1, -0.05) is 44.7 Å². The number of unbranched alkanes of at least 4 members (excludes halogenated alkanes) is 2. The van der Waals surface area contributed by atoms with Gasteiger partial charge in [0, 0.05) is 6.20 Å². The zero-order valence-corrected chi connectivity index (χ0v) is 11.4. The number of hydrogen-bond donors (Lipinski definition) is 2. The summed E-state index contributed by atoms with van der Waals surface area (Å²) in [4.78, 5) is 0. The maximum atomic E-state index is 10.1. The van der Waals surface area contributed by atoms with E-state index in [1.54, 1.807) is 4.68 Å². The standard InChI is InChI=1S/C13H25N3O2/c1-3-5-6-8-13(18)12(10-17)16-9-11(7-4-2)14-15-16/h9,12-13,17-18H,3-8,10H2,1-2H3/t12-,13+/m0/s1. The van der Waals surface area contributed by atoms with Crippen LogP contribution in [0.25, 0.3) is 0 Å². The molecule has 0 aliphatic rings. The predicted octanol–water partition coefficient (Wildman–Crippen LogP) is 1.71. The van der Waals surface area contributed by atoms with E-state index in [2.05, 4.69) is 24.2 Å². The van der Waals surface area contributed by atoms with Gasteiger partial charge < -0.3 is 10.2 Å². The first-order valence-electron chi connectivity index (χ1n) is 6.92. The fourth-order valence-corrected chi connectivity index (χ4v) is 2.02. The number of aliphatic hydroxyl groups is 2. The molecule has 0 bridgehead atoms. The van der Waals surface area contributed by atoms with Crippen molar-refractivity contribution in [2.24, 2.45) is 0 Å². The minimum absolute atomic E-state index is 0.109. The van der Waals surface area contributed by atoms with Crippen LogP contribution in [-0.2, 0) is 6.42 Å². The molecular weight excluding hydrogens is 230 g/mol. The molecule has 0 saturated carbocycles. The van der Waals surface area contributed by atoms with Crippen molar-refractivity contribution >= 4 is 0 Å². The molecule has 0 aromatic carbocycles. The molecule has 0 aliphatic carbocycles. The van der Waals surface area contributed by atoms with Crippen molar-refractivity contribution in [2.75, 3.05) is 6.61 Å². The van der Waals surface area contributed by atoms with Crippen LogP contribution in [0.5, 0.6) is 0 Å². The third-order valence-corrected chi connectivity index (χ3v) is 3.14. The molecule has 0 aliphatic heterocycles. The Labute approximate surface area is 109 Å². The second kappa shape index (κ2) is 8.21. The monoisotopic (exact) mass is 255 g/mol. The van der Waals surface area contributed by atoms with E-state index in [0.717, 1.165) is 37.8 Å². The highest BCUT2D eigenvalue weighted by Gasteiger charge is 2.21. The van der Waals surface area contributed by atoms with Gasteiger partial charge in [-0.25, -0.2) is 4.68 Å². The molecule has 0 spiro atoms. The number of nitrogens with zero attached hydrogens (tertiary/aromatic N) is 3. The molecule has 1 heterocycles. The number of aryl methyl sites for hydroxylation is 1. The summed E-state index contributed by atoms with van der Waals surface area (Å²) in [5, 5.41) is 27.5. The van der Waals surface area contributed by atoms with Crippen molar-refractivity contribution in [3.05, 3.63) is 11.9 Å². The Bertz CT molecular complexity index is 328. The molecule has 18 heavy (non-hydrogen) atoms. The molecule has 104 valence electrons. The molecule has 0 amide bonds. The van der Waals surface area contributed by atoms with E-state index in [1.165, 1.54) is 0 Å². The van der Waals surface area contributed by atoms with Gasteiger partial charge in [0.05, 0.1) is 18.4 Å². The highest BCUT2D eigenvalue weighted by Crippen LogP contribution is 2.16. The lowest BCUT2D eigenvalue weighted by molar-refractivity contribution is 0.0579. The molecule has 0 fully saturated rings. The van der Waals surface area contributed by atoms with E-state index >= 15 is 0 Å². The van der Waals surface area contributed by atoms with Crippen LogP contribution in [0.1, 0.15) is 57.7 Å². The van der Waals surface area contributed by atoms with E-state index in [-0.39, 0.29) is 12.6 Å². The quantitative estimate of drug-likeness (QED) is 0.659. The third kappa shape index (κ3) is 4.38. The van der Waals surface area contributed by atoms with E-state index < -0.39 is 6.10 Å². The van der Waals surface area contributed by atoms with Crippen molar-refractivity contribution in [3.63, 3.8) is 0 Å². The van der Waals surface area contributed by atoms with E-state index in [4.69, 9.17) is 0 Å². The largest absolute Gasteiger partial charge is 0.394 e. The fraction of sp³-hybridized carbons (Fsp3) is 0.846. The van der Waals surface area contributed by atoms with Gasteiger partial charge in [0.25, 0.3) is 0 Å². The van der Waals surface area contributed by atoms with Crippen molar-refractivity contribution in [1.29, 1.82) is 0 Å². The molecule has 5 nitrogen and oxygen atoms in total. The van der Waals surface area contributed by atoms with Crippen LogP contribution < -0.4 is 0 Å². The first kappa shape index (κ1) is 15.1. The SMILES string of the molecule is CCCCC[C@@H](O)[C@H](CO)n1cc(CCC)nn1. The number of rotatable bonds is 9. The molecular formula is C13H25N3O2. The Morgan fingerprint density at radius 1 is 1.28 bits per heavy atom. The first-order valence-corrected chi connectivity index (χ1v) is 6.92. The molecule has 5 heteroatoms. The summed E-state index contributed by atoms with van der Waals surface area (Å²) < 4.78 is 1.60. The number of aromatic nitrogens is 3. The average Bonchev–Trinajstić information content (AvgIpc) is 2.79. The van der Waals surface area contributed by atoms with Crippen molar-refractivity contribution < 1.29 is 10.2 Å². The van der Waals surface area contributed by atoms with Crippen molar-refractivity contribution in [3.8, 4) is 0 Å². The lowest BCUT2D eigenvalue weighted by atomic mass is 10.0. The molecule has 1 aromatic rings. The van der Waals surface area contributed by atoms with E-state index in [0.29, 0.717) is 6.42 Å². The van der Waals surface area contributed by atoms with Gasteiger partial charge in [-0.3, -0.25) is 0 Å². The number of aliphatic hydroxyl groups excluding tert-OH is 2. The van der Waals surface area contributed by atoms with Crippen LogP contribution in [0.2, 0.25) is 0 Å². The summed E-state index contributed by atoms with van der Waals surface area (Å²) in [6, 6.07) is -0.375. The molecule has 1 rings (SSSR count). The van der Waals surface area contributed by atoms with Gasteiger partial charge in [0.2, 0.25) is 0 Å². The minimum atomic E-state index is -0.558. The Kier molecular flexibility index (Phi) is 6.90. The summed E-state index contributed by atoms with van der Waals surface area (Å²) in [5.74, 6) is 0. The summed E-state index contributed by atoms with van der Waals surface area (Å²) in [7, 11) is 0. The molecule has 2 atom stereocenters. The molecule has 0 radical (unpaired) electrons. The van der Waals surface area contributed by atoms with Crippen LogP contribution >= 0.6 is 0 Å². The Balaban J connectivity index is 2.57. The van der Waals surface area contributed by atoms with Crippen LogP contribution in [0, 0.1) is 0 Å². The second-order valence-electron chi connectivity index (χ2n) is 4.75. The number of hydrogen-bond acceptors (Lipinski definition) is 4. The summed E-state index contributed by atoms with van der Waals surface area (Å²) >= 11 is 0. The van der Waals surface area contributed by atoms with Gasteiger partial charge in [-0.15, -0.1) is 5.10 Å². The molecule has 0 unspecified atom stereocenters. The predicted molar refractivity (Wildman–Crippen MR) is 70.3 cm³/mol. The minimum Gasteiger partial charge on any atom is -0.394 e. The Morgan fingerprint density at radius 2 is 2.06 bits per heavy atom. The molecule has 0 saturated heterocycles. The van der Waals surface area contributed by atoms with E-state index in [9.17, 15) is 10.2 Å². The fourth-order valence-electron chi connectivity index (χ4n) is 2.02. The summed E-state index contributed by atoms with van der Waals surface area (Å²) in [5.41, 5.74) is 0.914. The summed E-state index contributed by atoms with van der Waals surface area (Å²) in [6.45, 7) is 4.11.